The van der Waals surface area contributed by atoms with Crippen LogP contribution in [-0.2, 0) is 9.53 Å². The van der Waals surface area contributed by atoms with Gasteiger partial charge in [-0.15, -0.1) is 11.6 Å². The fourth-order valence-corrected chi connectivity index (χ4v) is 2.07. The molecule has 0 aromatic carbocycles. The number of unbranched alkanes of at least 4 members (excludes halogenated alkanes) is 1. The van der Waals surface area contributed by atoms with Crippen LogP contribution in [0.25, 0.3) is 0 Å². The van der Waals surface area contributed by atoms with E-state index in [1.54, 1.807) is 4.90 Å². The van der Waals surface area contributed by atoms with Crippen molar-refractivity contribution in [1.82, 2.24) is 4.90 Å². The SMILES string of the molecule is CC1CN(C(=O)CCCCCl)CC(CO)O1. The highest BCUT2D eigenvalue weighted by atomic mass is 35.5. The molecule has 2 unspecified atom stereocenters. The topological polar surface area (TPSA) is 49.8 Å². The van der Waals surface area contributed by atoms with Crippen LogP contribution in [0.3, 0.4) is 0 Å². The lowest BCUT2D eigenvalue weighted by Gasteiger charge is -2.36. The number of amides is 1. The summed E-state index contributed by atoms with van der Waals surface area (Å²) >= 11 is 5.56. The molecule has 0 aliphatic carbocycles. The summed E-state index contributed by atoms with van der Waals surface area (Å²) in [5.41, 5.74) is 0. The number of hydrogen-bond donors (Lipinski definition) is 1. The van der Waals surface area contributed by atoms with Crippen LogP contribution in [0.5, 0.6) is 0 Å². The molecule has 1 rings (SSSR count). The van der Waals surface area contributed by atoms with Gasteiger partial charge >= 0.3 is 0 Å². The van der Waals surface area contributed by atoms with Gasteiger partial charge in [-0.3, -0.25) is 4.79 Å². The first kappa shape index (κ1) is 13.7. The maximum atomic E-state index is 11.8. The Balaban J connectivity index is 2.36. The largest absolute Gasteiger partial charge is 0.394 e. The van der Waals surface area contributed by atoms with Crippen molar-refractivity contribution < 1.29 is 14.6 Å². The Hall–Kier alpha value is -0.320. The normalized spacial score (nSPS) is 25.8. The predicted molar refractivity (Wildman–Crippen MR) is 62.6 cm³/mol. The van der Waals surface area contributed by atoms with E-state index < -0.39 is 0 Å². The van der Waals surface area contributed by atoms with Crippen molar-refractivity contribution in [2.75, 3.05) is 25.6 Å². The molecular weight excluding hydrogens is 230 g/mol. The average molecular weight is 250 g/mol. The van der Waals surface area contributed by atoms with E-state index in [0.717, 1.165) is 12.8 Å². The van der Waals surface area contributed by atoms with Gasteiger partial charge in [0.05, 0.1) is 18.8 Å². The molecule has 16 heavy (non-hydrogen) atoms. The molecule has 1 heterocycles. The Kier molecular flexibility index (Phi) is 6.09. The van der Waals surface area contributed by atoms with Crippen molar-refractivity contribution in [3.8, 4) is 0 Å². The first-order chi connectivity index (χ1) is 7.67. The van der Waals surface area contributed by atoms with Crippen molar-refractivity contribution in [3.05, 3.63) is 0 Å². The summed E-state index contributed by atoms with van der Waals surface area (Å²) in [6.07, 6.45) is 2.01. The van der Waals surface area contributed by atoms with Crippen LogP contribution in [0.1, 0.15) is 26.2 Å². The molecule has 0 spiro atoms. The lowest BCUT2D eigenvalue weighted by molar-refractivity contribution is -0.147. The van der Waals surface area contributed by atoms with Crippen LogP contribution in [0.2, 0.25) is 0 Å². The second-order valence-electron chi connectivity index (χ2n) is 4.20. The third-order valence-corrected chi connectivity index (χ3v) is 2.92. The van der Waals surface area contributed by atoms with Gasteiger partial charge in [0.15, 0.2) is 0 Å². The number of alkyl halides is 1. The van der Waals surface area contributed by atoms with E-state index in [1.165, 1.54) is 0 Å². The first-order valence-corrected chi connectivity index (χ1v) is 6.31. The fourth-order valence-electron chi connectivity index (χ4n) is 1.88. The van der Waals surface area contributed by atoms with Gasteiger partial charge in [-0.1, -0.05) is 0 Å². The number of halogens is 1. The fraction of sp³-hybridized carbons (Fsp3) is 0.909. The van der Waals surface area contributed by atoms with Crippen LogP contribution in [0.4, 0.5) is 0 Å². The summed E-state index contributed by atoms with van der Waals surface area (Å²) in [5, 5.41) is 9.04. The smallest absolute Gasteiger partial charge is 0.222 e. The third kappa shape index (κ3) is 4.28. The molecule has 1 aliphatic rings. The van der Waals surface area contributed by atoms with Crippen LogP contribution in [-0.4, -0.2) is 53.7 Å². The van der Waals surface area contributed by atoms with Crippen molar-refractivity contribution in [2.24, 2.45) is 0 Å². The maximum absolute atomic E-state index is 11.8. The summed E-state index contributed by atoms with van der Waals surface area (Å²) in [7, 11) is 0. The van der Waals surface area contributed by atoms with Gasteiger partial charge in [0, 0.05) is 25.4 Å². The Bertz CT molecular complexity index is 225. The maximum Gasteiger partial charge on any atom is 0.222 e. The molecule has 1 amide bonds. The van der Waals surface area contributed by atoms with Crippen LogP contribution in [0, 0.1) is 0 Å². The number of aliphatic hydroxyl groups is 1. The number of carbonyl (C=O) groups is 1. The van der Waals surface area contributed by atoms with Gasteiger partial charge in [-0.25, -0.2) is 0 Å². The minimum Gasteiger partial charge on any atom is -0.394 e. The molecule has 1 aliphatic heterocycles. The highest BCUT2D eigenvalue weighted by molar-refractivity contribution is 6.17. The van der Waals surface area contributed by atoms with Crippen molar-refractivity contribution >= 4 is 17.5 Å². The van der Waals surface area contributed by atoms with Crippen LogP contribution in [0.15, 0.2) is 0 Å². The highest BCUT2D eigenvalue weighted by Crippen LogP contribution is 2.13. The zero-order valence-electron chi connectivity index (χ0n) is 9.69. The number of aliphatic hydroxyl groups excluding tert-OH is 1. The molecule has 4 nitrogen and oxygen atoms in total. The molecule has 1 saturated heterocycles. The van der Waals surface area contributed by atoms with Crippen molar-refractivity contribution in [1.29, 1.82) is 0 Å². The number of rotatable bonds is 5. The first-order valence-electron chi connectivity index (χ1n) is 5.77. The molecule has 2 atom stereocenters. The Labute approximate surface area is 102 Å². The zero-order valence-corrected chi connectivity index (χ0v) is 10.4. The van der Waals surface area contributed by atoms with Gasteiger partial charge in [0.25, 0.3) is 0 Å². The molecule has 0 bridgehead atoms. The standard InChI is InChI=1S/C11H20ClNO3/c1-9-6-13(7-10(8-14)16-9)11(15)4-2-3-5-12/h9-10,14H,2-8H2,1H3. The van der Waals surface area contributed by atoms with Gasteiger partial charge in [0.2, 0.25) is 5.91 Å². The van der Waals surface area contributed by atoms with Crippen LogP contribution >= 0.6 is 11.6 Å². The molecule has 5 heteroatoms. The summed E-state index contributed by atoms with van der Waals surface area (Å²) in [6, 6.07) is 0. The van der Waals surface area contributed by atoms with Crippen molar-refractivity contribution in [3.63, 3.8) is 0 Å². The summed E-state index contributed by atoms with van der Waals surface area (Å²) < 4.78 is 5.48. The van der Waals surface area contributed by atoms with Crippen LogP contribution < -0.4 is 0 Å². The number of hydrogen-bond acceptors (Lipinski definition) is 3. The minimum absolute atomic E-state index is 0.00266. The number of ether oxygens (including phenoxy) is 1. The molecular formula is C11H20ClNO3. The Morgan fingerprint density at radius 2 is 2.25 bits per heavy atom. The van der Waals surface area contributed by atoms with E-state index >= 15 is 0 Å². The number of morpholine rings is 1. The number of nitrogens with zero attached hydrogens (tertiary/aromatic N) is 1. The predicted octanol–water partition coefficient (Wildman–Crippen LogP) is 1.00. The molecule has 1 fully saturated rings. The third-order valence-electron chi connectivity index (χ3n) is 2.66. The second-order valence-corrected chi connectivity index (χ2v) is 4.57. The minimum atomic E-state index is -0.235. The van der Waals surface area contributed by atoms with E-state index in [0.29, 0.717) is 25.4 Å². The molecule has 0 aromatic heterocycles. The Morgan fingerprint density at radius 1 is 1.50 bits per heavy atom. The molecule has 0 radical (unpaired) electrons. The van der Waals surface area contributed by atoms with E-state index in [2.05, 4.69) is 0 Å². The summed E-state index contributed by atoms with van der Waals surface area (Å²) in [4.78, 5) is 13.6. The van der Waals surface area contributed by atoms with E-state index in [1.807, 2.05) is 6.92 Å². The van der Waals surface area contributed by atoms with Gasteiger partial charge < -0.3 is 14.7 Å². The number of carbonyl (C=O) groups excluding carboxylic acids is 1. The summed E-state index contributed by atoms with van der Waals surface area (Å²) in [5.74, 6) is 0.741. The van der Waals surface area contributed by atoms with E-state index in [9.17, 15) is 4.79 Å². The lowest BCUT2D eigenvalue weighted by atomic mass is 10.2. The molecule has 1 N–H and O–H groups in total. The van der Waals surface area contributed by atoms with Gasteiger partial charge in [0.1, 0.15) is 0 Å². The highest BCUT2D eigenvalue weighted by Gasteiger charge is 2.27. The van der Waals surface area contributed by atoms with E-state index in [4.69, 9.17) is 21.4 Å². The van der Waals surface area contributed by atoms with Crippen molar-refractivity contribution in [2.45, 2.75) is 38.4 Å². The molecule has 0 aromatic rings. The van der Waals surface area contributed by atoms with E-state index in [-0.39, 0.29) is 24.7 Å². The lowest BCUT2D eigenvalue weighted by Crippen LogP contribution is -2.50. The quantitative estimate of drug-likeness (QED) is 0.584. The molecule has 94 valence electrons. The average Bonchev–Trinajstić information content (AvgIpc) is 2.28. The second kappa shape index (κ2) is 7.09. The monoisotopic (exact) mass is 249 g/mol. The van der Waals surface area contributed by atoms with Gasteiger partial charge in [-0.05, 0) is 19.8 Å². The zero-order chi connectivity index (χ0) is 12.0. The Morgan fingerprint density at radius 3 is 2.88 bits per heavy atom. The van der Waals surface area contributed by atoms with Gasteiger partial charge in [-0.2, -0.15) is 0 Å². The molecule has 0 saturated carbocycles. The summed E-state index contributed by atoms with van der Waals surface area (Å²) in [6.45, 7) is 3.01.